The lowest BCUT2D eigenvalue weighted by atomic mass is 9.75. The van der Waals surface area contributed by atoms with Crippen LogP contribution in [-0.2, 0) is 14.3 Å². The van der Waals surface area contributed by atoms with Crippen LogP contribution in [0.25, 0.3) is 0 Å². The summed E-state index contributed by atoms with van der Waals surface area (Å²) < 4.78 is 4.92. The molecule has 3 heteroatoms. The van der Waals surface area contributed by atoms with Gasteiger partial charge in [-0.25, -0.2) is 0 Å². The Bertz CT molecular complexity index is 482. The van der Waals surface area contributed by atoms with Gasteiger partial charge in [0.25, 0.3) is 0 Å². The maximum Gasteiger partial charge on any atom is 0.309 e. The van der Waals surface area contributed by atoms with Crippen LogP contribution >= 0.6 is 0 Å². The van der Waals surface area contributed by atoms with Crippen LogP contribution in [0.2, 0.25) is 0 Å². The molecule has 0 aromatic heterocycles. The molecule has 96 valence electrons. The number of methoxy groups -OCH3 is 1. The number of hydrogen-bond acceptors (Lipinski definition) is 3. The van der Waals surface area contributed by atoms with Crippen molar-refractivity contribution in [3.05, 3.63) is 23.3 Å². The zero-order chi connectivity index (χ0) is 13.0. The van der Waals surface area contributed by atoms with Crippen LogP contribution in [-0.4, -0.2) is 18.9 Å². The van der Waals surface area contributed by atoms with E-state index in [-0.39, 0.29) is 41.3 Å². The molecule has 2 saturated carbocycles. The van der Waals surface area contributed by atoms with Gasteiger partial charge in [0.1, 0.15) is 0 Å². The average molecular weight is 246 g/mol. The van der Waals surface area contributed by atoms with Gasteiger partial charge in [0.15, 0.2) is 5.78 Å². The maximum atomic E-state index is 11.9. The second-order valence-electron chi connectivity index (χ2n) is 5.82. The molecule has 2 fully saturated rings. The van der Waals surface area contributed by atoms with E-state index in [1.54, 1.807) is 6.08 Å². The van der Waals surface area contributed by atoms with Crippen molar-refractivity contribution in [2.75, 3.05) is 7.11 Å². The average Bonchev–Trinajstić information content (AvgIpc) is 2.97. The second kappa shape index (κ2) is 3.81. The van der Waals surface area contributed by atoms with Crippen molar-refractivity contribution < 1.29 is 14.3 Å². The number of carbonyl (C=O) groups excluding carboxylic acids is 2. The molecule has 0 aliphatic heterocycles. The van der Waals surface area contributed by atoms with Gasteiger partial charge in [0, 0.05) is 11.8 Å². The molecule has 5 atom stereocenters. The van der Waals surface area contributed by atoms with Crippen LogP contribution in [0.5, 0.6) is 0 Å². The first-order chi connectivity index (χ1) is 8.56. The van der Waals surface area contributed by atoms with Gasteiger partial charge in [-0.15, -0.1) is 0 Å². The van der Waals surface area contributed by atoms with Crippen molar-refractivity contribution in [3.8, 4) is 0 Å². The van der Waals surface area contributed by atoms with Crippen molar-refractivity contribution in [2.24, 2.45) is 29.6 Å². The Balaban J connectivity index is 2.04. The molecule has 3 nitrogen and oxygen atoms in total. The number of allylic oxidation sites excluding steroid dienone is 4. The van der Waals surface area contributed by atoms with E-state index in [0.717, 1.165) is 6.42 Å². The Morgan fingerprint density at radius 3 is 2.67 bits per heavy atom. The number of carbonyl (C=O) groups is 2. The van der Waals surface area contributed by atoms with Crippen molar-refractivity contribution in [1.29, 1.82) is 0 Å². The minimum absolute atomic E-state index is 0.0540. The SMILES string of the molecule is COC(=O)[C@@H]1C[C@H]2C(=C(C)C)[C@@H]1[C@@H]1C=CC(=O)[C@@H]12. The van der Waals surface area contributed by atoms with Crippen LogP contribution in [0.15, 0.2) is 23.3 Å². The molecule has 0 unspecified atom stereocenters. The molecular weight excluding hydrogens is 228 g/mol. The third-order valence-electron chi connectivity index (χ3n) is 4.86. The van der Waals surface area contributed by atoms with Crippen molar-refractivity contribution in [1.82, 2.24) is 0 Å². The highest BCUT2D eigenvalue weighted by atomic mass is 16.5. The van der Waals surface area contributed by atoms with E-state index >= 15 is 0 Å². The minimum Gasteiger partial charge on any atom is -0.469 e. The van der Waals surface area contributed by atoms with Gasteiger partial charge >= 0.3 is 5.97 Å². The maximum absolute atomic E-state index is 11.9. The lowest BCUT2D eigenvalue weighted by molar-refractivity contribution is -0.148. The predicted octanol–water partition coefficient (Wildman–Crippen LogP) is 2.13. The zero-order valence-electron chi connectivity index (χ0n) is 11.0. The molecule has 0 saturated heterocycles. The lowest BCUT2D eigenvalue weighted by Crippen LogP contribution is -2.32. The highest BCUT2D eigenvalue weighted by Crippen LogP contribution is 2.61. The summed E-state index contributed by atoms with van der Waals surface area (Å²) in [6.07, 6.45) is 4.50. The quantitative estimate of drug-likeness (QED) is 0.526. The summed E-state index contributed by atoms with van der Waals surface area (Å²) >= 11 is 0. The largest absolute Gasteiger partial charge is 0.469 e. The summed E-state index contributed by atoms with van der Waals surface area (Å²) in [5, 5.41) is 0. The van der Waals surface area contributed by atoms with Crippen molar-refractivity contribution in [2.45, 2.75) is 20.3 Å². The topological polar surface area (TPSA) is 43.4 Å². The van der Waals surface area contributed by atoms with Gasteiger partial charge in [-0.1, -0.05) is 17.2 Å². The smallest absolute Gasteiger partial charge is 0.309 e. The van der Waals surface area contributed by atoms with Gasteiger partial charge in [-0.2, -0.15) is 0 Å². The molecule has 0 heterocycles. The van der Waals surface area contributed by atoms with Crippen molar-refractivity contribution >= 4 is 11.8 Å². The summed E-state index contributed by atoms with van der Waals surface area (Å²) in [5.41, 5.74) is 2.62. The van der Waals surface area contributed by atoms with Gasteiger partial charge in [-0.3, -0.25) is 9.59 Å². The first-order valence-corrected chi connectivity index (χ1v) is 6.53. The lowest BCUT2D eigenvalue weighted by Gasteiger charge is -2.27. The van der Waals surface area contributed by atoms with Gasteiger partial charge in [0.05, 0.1) is 13.0 Å². The summed E-state index contributed by atoms with van der Waals surface area (Å²) in [6.45, 7) is 4.18. The molecule has 2 bridgehead atoms. The first-order valence-electron chi connectivity index (χ1n) is 6.53. The van der Waals surface area contributed by atoms with E-state index < -0.39 is 0 Å². The summed E-state index contributed by atoms with van der Waals surface area (Å²) in [4.78, 5) is 23.8. The molecular formula is C15H18O3. The molecule has 18 heavy (non-hydrogen) atoms. The van der Waals surface area contributed by atoms with Crippen LogP contribution in [0.3, 0.4) is 0 Å². The van der Waals surface area contributed by atoms with Crippen molar-refractivity contribution in [3.63, 3.8) is 0 Å². The van der Waals surface area contributed by atoms with E-state index in [0.29, 0.717) is 0 Å². The number of esters is 1. The number of hydrogen-bond donors (Lipinski definition) is 0. The third kappa shape index (κ3) is 1.30. The molecule has 0 amide bonds. The number of ketones is 1. The van der Waals surface area contributed by atoms with Crippen LogP contribution in [0.4, 0.5) is 0 Å². The van der Waals surface area contributed by atoms with Gasteiger partial charge in [0.2, 0.25) is 0 Å². The molecule has 3 rings (SSSR count). The van der Waals surface area contributed by atoms with E-state index in [1.165, 1.54) is 18.3 Å². The standard InChI is InChI=1S/C15H18O3/c1-7(2)12-9-6-10(15(17)18-3)14(12)8-4-5-11(16)13(8)9/h4-5,8-10,13-14H,6H2,1-3H3/t8-,9+,10-,13+,14-/m1/s1. The Kier molecular flexibility index (Phi) is 2.47. The first kappa shape index (κ1) is 11.7. The predicted molar refractivity (Wildman–Crippen MR) is 66.6 cm³/mol. The number of ether oxygens (including phenoxy) is 1. The normalized spacial score (nSPS) is 40.3. The molecule has 3 aliphatic rings. The Morgan fingerprint density at radius 1 is 1.33 bits per heavy atom. The fourth-order valence-electron chi connectivity index (χ4n) is 4.36. The molecule has 0 spiro atoms. The number of rotatable bonds is 1. The van der Waals surface area contributed by atoms with Crippen LogP contribution in [0.1, 0.15) is 20.3 Å². The summed E-state index contributed by atoms with van der Waals surface area (Å²) in [5.74, 6) is 0.853. The van der Waals surface area contributed by atoms with Gasteiger partial charge in [-0.05, 0) is 38.2 Å². The molecule has 0 N–H and O–H groups in total. The Morgan fingerprint density at radius 2 is 2.06 bits per heavy atom. The Labute approximate surface area is 107 Å². The van der Waals surface area contributed by atoms with Gasteiger partial charge < -0.3 is 4.74 Å². The van der Waals surface area contributed by atoms with E-state index in [9.17, 15) is 9.59 Å². The van der Waals surface area contributed by atoms with Crippen LogP contribution < -0.4 is 0 Å². The molecule has 3 aliphatic carbocycles. The molecule has 0 aromatic carbocycles. The van der Waals surface area contributed by atoms with E-state index in [2.05, 4.69) is 13.8 Å². The zero-order valence-corrected chi connectivity index (χ0v) is 11.0. The fraction of sp³-hybridized carbons (Fsp3) is 0.600. The summed E-state index contributed by atoms with van der Waals surface area (Å²) in [6, 6.07) is 0. The fourth-order valence-corrected chi connectivity index (χ4v) is 4.36. The molecule has 0 radical (unpaired) electrons. The van der Waals surface area contributed by atoms with E-state index in [1.807, 2.05) is 6.08 Å². The minimum atomic E-state index is -0.118. The highest BCUT2D eigenvalue weighted by Gasteiger charge is 2.60. The monoisotopic (exact) mass is 246 g/mol. The summed E-state index contributed by atoms with van der Waals surface area (Å²) in [7, 11) is 1.45. The second-order valence-corrected chi connectivity index (χ2v) is 5.82. The molecule has 0 aromatic rings. The van der Waals surface area contributed by atoms with Crippen LogP contribution in [0, 0.1) is 29.6 Å². The number of fused-ring (bicyclic) bond motifs is 5. The van der Waals surface area contributed by atoms with E-state index in [4.69, 9.17) is 4.74 Å². The third-order valence-corrected chi connectivity index (χ3v) is 4.86. The Hall–Kier alpha value is -1.38. The highest BCUT2D eigenvalue weighted by molar-refractivity contribution is 5.96.